The number of aryl methyl sites for hydroxylation is 1. The van der Waals surface area contributed by atoms with Gasteiger partial charge in [-0.3, -0.25) is 9.99 Å². The monoisotopic (exact) mass is 503 g/mol. The maximum atomic E-state index is 4.54. The standard InChI is InChI=1S/C25H22BrN5S/c1-18-8-14-23(15-9-18)31-24(20-10-12-21(26)13-11-20)17-32-25(31)30-28-19(2)16-27-29-22-6-4-3-5-7-22/h3-17,29H,1-2H3. The topological polar surface area (TPSA) is 54.0 Å². The van der Waals surface area contributed by atoms with Crippen LogP contribution in [0.15, 0.2) is 104 Å². The Labute approximate surface area is 199 Å². The molecule has 0 bridgehead atoms. The largest absolute Gasteiger partial charge is 0.284 e. The van der Waals surface area contributed by atoms with E-state index in [9.17, 15) is 0 Å². The van der Waals surface area contributed by atoms with Gasteiger partial charge in [-0.25, -0.2) is 0 Å². The second kappa shape index (κ2) is 10.3. The molecule has 0 atom stereocenters. The zero-order valence-corrected chi connectivity index (χ0v) is 20.1. The number of hydrogen-bond acceptors (Lipinski definition) is 5. The number of halogens is 1. The summed E-state index contributed by atoms with van der Waals surface area (Å²) in [5, 5.41) is 15.3. The summed E-state index contributed by atoms with van der Waals surface area (Å²) in [7, 11) is 0. The van der Waals surface area contributed by atoms with Crippen LogP contribution in [0.5, 0.6) is 0 Å². The molecule has 1 aromatic heterocycles. The molecule has 1 heterocycles. The van der Waals surface area contributed by atoms with Crippen molar-refractivity contribution in [1.29, 1.82) is 0 Å². The molecule has 160 valence electrons. The summed E-state index contributed by atoms with van der Waals surface area (Å²) in [6, 6.07) is 26.5. The van der Waals surface area contributed by atoms with E-state index in [0.717, 1.165) is 31.9 Å². The van der Waals surface area contributed by atoms with Crippen molar-refractivity contribution in [1.82, 2.24) is 4.57 Å². The molecule has 4 aromatic rings. The zero-order chi connectivity index (χ0) is 22.3. The molecule has 0 aliphatic heterocycles. The van der Waals surface area contributed by atoms with Crippen LogP contribution >= 0.6 is 27.3 Å². The normalized spacial score (nSPS) is 12.5. The molecular weight excluding hydrogens is 482 g/mol. The molecule has 0 spiro atoms. The fraction of sp³-hybridized carbons (Fsp3) is 0.0800. The van der Waals surface area contributed by atoms with Crippen molar-refractivity contribution >= 4 is 44.9 Å². The van der Waals surface area contributed by atoms with E-state index in [-0.39, 0.29) is 0 Å². The number of aromatic nitrogens is 1. The number of hydrazone groups is 1. The molecule has 7 heteroatoms. The highest BCUT2D eigenvalue weighted by Gasteiger charge is 2.10. The number of nitrogens with zero attached hydrogens (tertiary/aromatic N) is 4. The van der Waals surface area contributed by atoms with Crippen LogP contribution in [0, 0.1) is 6.92 Å². The summed E-state index contributed by atoms with van der Waals surface area (Å²) in [4.78, 5) is 0.788. The SMILES string of the molecule is CC(C=NNc1ccccc1)=NN=c1scc(-c2ccc(Br)cc2)n1-c1ccc(C)cc1. The van der Waals surface area contributed by atoms with Crippen molar-refractivity contribution in [3.63, 3.8) is 0 Å². The maximum absolute atomic E-state index is 4.54. The van der Waals surface area contributed by atoms with Gasteiger partial charge >= 0.3 is 0 Å². The summed E-state index contributed by atoms with van der Waals surface area (Å²) < 4.78 is 3.18. The van der Waals surface area contributed by atoms with E-state index in [1.54, 1.807) is 17.6 Å². The third-order valence-corrected chi connectivity index (χ3v) is 6.00. The Balaban J connectivity index is 1.68. The number of hydrogen-bond donors (Lipinski definition) is 1. The number of nitrogens with one attached hydrogen (secondary N) is 1. The van der Waals surface area contributed by atoms with Gasteiger partial charge < -0.3 is 0 Å². The molecule has 0 unspecified atom stereocenters. The summed E-state index contributed by atoms with van der Waals surface area (Å²) in [6.45, 7) is 3.96. The van der Waals surface area contributed by atoms with Crippen LogP contribution in [0.25, 0.3) is 16.9 Å². The third kappa shape index (κ3) is 5.49. The van der Waals surface area contributed by atoms with Gasteiger partial charge in [0.05, 0.1) is 23.3 Å². The van der Waals surface area contributed by atoms with E-state index >= 15 is 0 Å². The smallest absolute Gasteiger partial charge is 0.215 e. The van der Waals surface area contributed by atoms with Crippen LogP contribution in [0.1, 0.15) is 12.5 Å². The Morgan fingerprint density at radius 3 is 2.41 bits per heavy atom. The second-order valence-electron chi connectivity index (χ2n) is 7.16. The molecule has 1 N–H and O–H groups in total. The van der Waals surface area contributed by atoms with Crippen LogP contribution in [0.4, 0.5) is 5.69 Å². The van der Waals surface area contributed by atoms with Crippen LogP contribution in [-0.2, 0) is 0 Å². The van der Waals surface area contributed by atoms with E-state index in [1.807, 2.05) is 49.4 Å². The number of para-hydroxylation sites is 1. The first-order valence-electron chi connectivity index (χ1n) is 10.1. The molecule has 0 fully saturated rings. The number of anilines is 1. The Bertz CT molecular complexity index is 1300. The van der Waals surface area contributed by atoms with E-state index in [2.05, 4.69) is 89.9 Å². The van der Waals surface area contributed by atoms with Crippen LogP contribution in [0.2, 0.25) is 0 Å². The summed E-state index contributed by atoms with van der Waals surface area (Å²) in [5.41, 5.74) is 9.04. The fourth-order valence-electron chi connectivity index (χ4n) is 3.01. The van der Waals surface area contributed by atoms with Crippen molar-refractivity contribution < 1.29 is 0 Å². The number of rotatable bonds is 6. The van der Waals surface area contributed by atoms with Crippen molar-refractivity contribution in [2.24, 2.45) is 15.3 Å². The molecule has 0 aliphatic rings. The Morgan fingerprint density at radius 1 is 0.969 bits per heavy atom. The molecule has 0 amide bonds. The van der Waals surface area contributed by atoms with Crippen molar-refractivity contribution in [3.8, 4) is 16.9 Å². The molecule has 4 rings (SSSR count). The van der Waals surface area contributed by atoms with Gasteiger partial charge in [0, 0.05) is 15.5 Å². The van der Waals surface area contributed by atoms with Crippen LogP contribution in [0.3, 0.4) is 0 Å². The van der Waals surface area contributed by atoms with E-state index in [4.69, 9.17) is 0 Å². The predicted molar refractivity (Wildman–Crippen MR) is 139 cm³/mol. The Morgan fingerprint density at radius 2 is 1.69 bits per heavy atom. The van der Waals surface area contributed by atoms with Crippen molar-refractivity contribution in [3.05, 3.63) is 99.1 Å². The van der Waals surface area contributed by atoms with E-state index in [1.165, 1.54) is 5.56 Å². The molecular formula is C25H22BrN5S. The first kappa shape index (κ1) is 21.9. The van der Waals surface area contributed by atoms with Crippen LogP contribution in [-0.4, -0.2) is 16.5 Å². The average molecular weight is 504 g/mol. The molecule has 5 nitrogen and oxygen atoms in total. The first-order valence-corrected chi connectivity index (χ1v) is 11.7. The van der Waals surface area contributed by atoms with Gasteiger partial charge in [0.2, 0.25) is 4.80 Å². The van der Waals surface area contributed by atoms with Gasteiger partial charge in [0.1, 0.15) is 0 Å². The van der Waals surface area contributed by atoms with Crippen molar-refractivity contribution in [2.75, 3.05) is 5.43 Å². The highest BCUT2D eigenvalue weighted by atomic mass is 79.9. The molecule has 0 saturated heterocycles. The quantitative estimate of drug-likeness (QED) is 0.232. The molecule has 0 aliphatic carbocycles. The lowest BCUT2D eigenvalue weighted by Gasteiger charge is -2.09. The Hall–Kier alpha value is -3.29. The Kier molecular flexibility index (Phi) is 7.09. The minimum atomic E-state index is 0.697. The lowest BCUT2D eigenvalue weighted by molar-refractivity contribution is 0.970. The maximum Gasteiger partial charge on any atom is 0.215 e. The molecule has 32 heavy (non-hydrogen) atoms. The first-order chi connectivity index (χ1) is 15.6. The van der Waals surface area contributed by atoms with Gasteiger partial charge in [-0.15, -0.1) is 16.4 Å². The minimum Gasteiger partial charge on any atom is -0.284 e. The lowest BCUT2D eigenvalue weighted by Crippen LogP contribution is -2.14. The second-order valence-corrected chi connectivity index (χ2v) is 8.91. The highest BCUT2D eigenvalue weighted by Crippen LogP contribution is 2.25. The van der Waals surface area contributed by atoms with Gasteiger partial charge in [-0.1, -0.05) is 64.0 Å². The van der Waals surface area contributed by atoms with Gasteiger partial charge in [-0.05, 0) is 55.8 Å². The van der Waals surface area contributed by atoms with Gasteiger partial charge in [0.25, 0.3) is 0 Å². The predicted octanol–water partition coefficient (Wildman–Crippen LogP) is 6.65. The highest BCUT2D eigenvalue weighted by molar-refractivity contribution is 9.10. The number of thiazole rings is 1. The zero-order valence-electron chi connectivity index (χ0n) is 17.7. The van der Waals surface area contributed by atoms with E-state index in [0.29, 0.717) is 5.71 Å². The average Bonchev–Trinajstić information content (AvgIpc) is 3.23. The molecule has 3 aromatic carbocycles. The summed E-state index contributed by atoms with van der Waals surface area (Å²) >= 11 is 5.07. The van der Waals surface area contributed by atoms with Crippen molar-refractivity contribution in [2.45, 2.75) is 13.8 Å². The number of benzene rings is 3. The molecule has 0 saturated carbocycles. The summed E-state index contributed by atoms with van der Waals surface area (Å²) in [6.07, 6.45) is 1.66. The summed E-state index contributed by atoms with van der Waals surface area (Å²) in [5.74, 6) is 0. The molecule has 0 radical (unpaired) electrons. The van der Waals surface area contributed by atoms with Gasteiger partial charge in [0.15, 0.2) is 0 Å². The van der Waals surface area contributed by atoms with Gasteiger partial charge in [-0.2, -0.15) is 10.2 Å². The minimum absolute atomic E-state index is 0.697. The van der Waals surface area contributed by atoms with Crippen LogP contribution < -0.4 is 10.2 Å². The van der Waals surface area contributed by atoms with E-state index < -0.39 is 0 Å². The lowest BCUT2D eigenvalue weighted by atomic mass is 10.1. The third-order valence-electron chi connectivity index (χ3n) is 4.65. The fourth-order valence-corrected chi connectivity index (χ4v) is 4.13.